The molecule has 1 fully saturated rings. The molecule has 0 spiro atoms. The van der Waals surface area contributed by atoms with E-state index in [1.54, 1.807) is 0 Å². The van der Waals surface area contributed by atoms with Crippen LogP contribution in [-0.2, 0) is 17.6 Å². The van der Waals surface area contributed by atoms with Crippen molar-refractivity contribution in [2.75, 3.05) is 0 Å². The molecule has 2 nitrogen and oxygen atoms in total. The molecule has 1 N–H and O–H groups in total. The predicted molar refractivity (Wildman–Crippen MR) is 63.1 cm³/mol. The van der Waals surface area contributed by atoms with Gasteiger partial charge in [-0.2, -0.15) is 0 Å². The van der Waals surface area contributed by atoms with Crippen LogP contribution in [0.5, 0.6) is 0 Å². The summed E-state index contributed by atoms with van der Waals surface area (Å²) in [5, 5.41) is 3.19. The molecule has 0 radical (unpaired) electrons. The Morgan fingerprint density at radius 2 is 1.75 bits per heavy atom. The van der Waals surface area contributed by atoms with Crippen molar-refractivity contribution in [3.63, 3.8) is 0 Å². The van der Waals surface area contributed by atoms with Gasteiger partial charge in [-0.3, -0.25) is 4.79 Å². The standard InChI is InChI=1S/C14H17NO/c16-14(10-6-3-7-10)15-13-8-11-4-1-2-5-12(11)9-13/h1-2,4-5,10,13H,3,6-9H2,(H,15,16). The van der Waals surface area contributed by atoms with Crippen LogP contribution in [0.2, 0.25) is 0 Å². The van der Waals surface area contributed by atoms with E-state index in [1.165, 1.54) is 17.5 Å². The number of hydrogen-bond donors (Lipinski definition) is 1. The number of fused-ring (bicyclic) bond motifs is 1. The molecule has 2 heteroatoms. The van der Waals surface area contributed by atoms with Crippen LogP contribution in [0.25, 0.3) is 0 Å². The summed E-state index contributed by atoms with van der Waals surface area (Å²) in [5.41, 5.74) is 2.81. The van der Waals surface area contributed by atoms with Gasteiger partial charge in [0, 0.05) is 12.0 Å². The van der Waals surface area contributed by atoms with Crippen LogP contribution in [-0.4, -0.2) is 11.9 Å². The highest BCUT2D eigenvalue weighted by molar-refractivity contribution is 5.79. The van der Waals surface area contributed by atoms with Crippen LogP contribution in [0.4, 0.5) is 0 Å². The van der Waals surface area contributed by atoms with Gasteiger partial charge in [0.05, 0.1) is 0 Å². The molecule has 2 aliphatic rings. The molecule has 16 heavy (non-hydrogen) atoms. The number of amides is 1. The van der Waals surface area contributed by atoms with Gasteiger partial charge in [-0.15, -0.1) is 0 Å². The fourth-order valence-corrected chi connectivity index (χ4v) is 2.65. The van der Waals surface area contributed by atoms with Crippen molar-refractivity contribution < 1.29 is 4.79 Å². The van der Waals surface area contributed by atoms with Gasteiger partial charge in [0.2, 0.25) is 5.91 Å². The summed E-state index contributed by atoms with van der Waals surface area (Å²) >= 11 is 0. The zero-order valence-corrected chi connectivity index (χ0v) is 9.41. The van der Waals surface area contributed by atoms with E-state index in [1.807, 2.05) is 0 Å². The van der Waals surface area contributed by atoms with E-state index in [9.17, 15) is 4.79 Å². The molecule has 0 aliphatic heterocycles. The Morgan fingerprint density at radius 3 is 2.25 bits per heavy atom. The average molecular weight is 215 g/mol. The first kappa shape index (κ1) is 9.88. The molecule has 0 heterocycles. The summed E-state index contributed by atoms with van der Waals surface area (Å²) in [5.74, 6) is 0.591. The summed E-state index contributed by atoms with van der Waals surface area (Å²) in [6.07, 6.45) is 5.42. The number of hydrogen-bond acceptors (Lipinski definition) is 1. The lowest BCUT2D eigenvalue weighted by Crippen LogP contribution is -2.41. The van der Waals surface area contributed by atoms with Crippen molar-refractivity contribution in [2.45, 2.75) is 38.1 Å². The summed E-state index contributed by atoms with van der Waals surface area (Å²) in [7, 11) is 0. The largest absolute Gasteiger partial charge is 0.352 e. The fourth-order valence-electron chi connectivity index (χ4n) is 2.65. The molecule has 84 valence electrons. The molecule has 1 saturated carbocycles. The fraction of sp³-hybridized carbons (Fsp3) is 0.500. The Morgan fingerprint density at radius 1 is 1.12 bits per heavy atom. The predicted octanol–water partition coefficient (Wildman–Crippen LogP) is 2.07. The van der Waals surface area contributed by atoms with Crippen molar-refractivity contribution in [1.29, 1.82) is 0 Å². The highest BCUT2D eigenvalue weighted by atomic mass is 16.2. The van der Waals surface area contributed by atoms with Crippen molar-refractivity contribution in [3.8, 4) is 0 Å². The minimum atomic E-state index is 0.282. The van der Waals surface area contributed by atoms with Gasteiger partial charge in [-0.05, 0) is 36.8 Å². The number of benzene rings is 1. The lowest BCUT2D eigenvalue weighted by atomic mass is 9.84. The monoisotopic (exact) mass is 215 g/mol. The van der Waals surface area contributed by atoms with E-state index in [4.69, 9.17) is 0 Å². The topological polar surface area (TPSA) is 29.1 Å². The zero-order valence-electron chi connectivity index (χ0n) is 9.41. The van der Waals surface area contributed by atoms with Gasteiger partial charge in [0.15, 0.2) is 0 Å². The first-order chi connectivity index (χ1) is 7.83. The SMILES string of the molecule is O=C(NC1Cc2ccccc2C1)C1CCC1. The Bertz CT molecular complexity index is 384. The Labute approximate surface area is 96.1 Å². The number of carbonyl (C=O) groups is 1. The lowest BCUT2D eigenvalue weighted by molar-refractivity contribution is -0.128. The highest BCUT2D eigenvalue weighted by Gasteiger charge is 2.29. The van der Waals surface area contributed by atoms with Gasteiger partial charge in [0.25, 0.3) is 0 Å². The molecule has 0 atom stereocenters. The van der Waals surface area contributed by atoms with E-state index in [0.29, 0.717) is 12.0 Å². The lowest BCUT2D eigenvalue weighted by Gasteiger charge is -2.25. The molecule has 0 aromatic heterocycles. The normalized spacial score (nSPS) is 20.2. The molecular formula is C14H17NO. The van der Waals surface area contributed by atoms with Crippen LogP contribution in [0.3, 0.4) is 0 Å². The smallest absolute Gasteiger partial charge is 0.223 e. The number of rotatable bonds is 2. The summed E-state index contributed by atoms with van der Waals surface area (Å²) in [6, 6.07) is 8.84. The number of carbonyl (C=O) groups excluding carboxylic acids is 1. The summed E-state index contributed by atoms with van der Waals surface area (Å²) < 4.78 is 0. The van der Waals surface area contributed by atoms with Gasteiger partial charge < -0.3 is 5.32 Å². The minimum Gasteiger partial charge on any atom is -0.352 e. The molecule has 0 bridgehead atoms. The molecule has 1 amide bonds. The van der Waals surface area contributed by atoms with E-state index in [0.717, 1.165) is 25.7 Å². The zero-order chi connectivity index (χ0) is 11.0. The van der Waals surface area contributed by atoms with Gasteiger partial charge >= 0.3 is 0 Å². The first-order valence-corrected chi connectivity index (χ1v) is 6.20. The quantitative estimate of drug-likeness (QED) is 0.804. The van der Waals surface area contributed by atoms with Crippen molar-refractivity contribution in [2.24, 2.45) is 5.92 Å². The molecule has 1 aromatic rings. The van der Waals surface area contributed by atoms with E-state index < -0.39 is 0 Å². The molecular weight excluding hydrogens is 198 g/mol. The number of nitrogens with one attached hydrogen (secondary N) is 1. The molecule has 2 aliphatic carbocycles. The second-order valence-corrected chi connectivity index (χ2v) is 5.01. The van der Waals surface area contributed by atoms with Crippen LogP contribution < -0.4 is 5.32 Å². The van der Waals surface area contributed by atoms with Gasteiger partial charge in [0.1, 0.15) is 0 Å². The third-order valence-corrected chi connectivity index (χ3v) is 3.87. The third-order valence-electron chi connectivity index (χ3n) is 3.87. The molecule has 0 saturated heterocycles. The van der Waals surface area contributed by atoms with Gasteiger partial charge in [-0.1, -0.05) is 30.7 Å². The minimum absolute atomic E-state index is 0.282. The Balaban J connectivity index is 1.61. The summed E-state index contributed by atoms with van der Waals surface area (Å²) in [4.78, 5) is 11.8. The highest BCUT2D eigenvalue weighted by Crippen LogP contribution is 2.27. The maximum atomic E-state index is 11.8. The van der Waals surface area contributed by atoms with E-state index in [2.05, 4.69) is 29.6 Å². The van der Waals surface area contributed by atoms with Crippen molar-refractivity contribution in [3.05, 3.63) is 35.4 Å². The van der Waals surface area contributed by atoms with Crippen molar-refractivity contribution >= 4 is 5.91 Å². The average Bonchev–Trinajstić information content (AvgIpc) is 2.56. The summed E-state index contributed by atoms with van der Waals surface area (Å²) in [6.45, 7) is 0. The Hall–Kier alpha value is -1.31. The van der Waals surface area contributed by atoms with Crippen LogP contribution in [0, 0.1) is 5.92 Å². The van der Waals surface area contributed by atoms with E-state index >= 15 is 0 Å². The van der Waals surface area contributed by atoms with Crippen molar-refractivity contribution in [1.82, 2.24) is 5.32 Å². The Kier molecular flexibility index (Phi) is 2.43. The first-order valence-electron chi connectivity index (χ1n) is 6.20. The van der Waals surface area contributed by atoms with Crippen LogP contribution in [0.15, 0.2) is 24.3 Å². The molecule has 1 aromatic carbocycles. The third kappa shape index (κ3) is 1.73. The second kappa shape index (κ2) is 3.93. The van der Waals surface area contributed by atoms with Crippen LogP contribution >= 0.6 is 0 Å². The molecule has 3 rings (SSSR count). The maximum absolute atomic E-state index is 11.8. The van der Waals surface area contributed by atoms with E-state index in [-0.39, 0.29) is 5.91 Å². The van der Waals surface area contributed by atoms with Crippen LogP contribution in [0.1, 0.15) is 30.4 Å². The second-order valence-electron chi connectivity index (χ2n) is 5.01. The van der Waals surface area contributed by atoms with Gasteiger partial charge in [-0.25, -0.2) is 0 Å². The maximum Gasteiger partial charge on any atom is 0.223 e. The molecule has 0 unspecified atom stereocenters.